The highest BCUT2D eigenvalue weighted by molar-refractivity contribution is 6.01. The largest absolute Gasteiger partial charge is 0.504 e. The van der Waals surface area contributed by atoms with Gasteiger partial charge in [-0.3, -0.25) is 0 Å². The van der Waals surface area contributed by atoms with Crippen molar-refractivity contribution < 1.29 is 34.0 Å². The van der Waals surface area contributed by atoms with E-state index in [2.05, 4.69) is 0 Å². The Bertz CT molecular complexity index is 549. The van der Waals surface area contributed by atoms with Gasteiger partial charge >= 0.3 is 11.9 Å². The summed E-state index contributed by atoms with van der Waals surface area (Å²) in [5, 5.41) is 20.6. The highest BCUT2D eigenvalue weighted by atomic mass is 16.5. The summed E-state index contributed by atoms with van der Waals surface area (Å²) in [5.74, 6) is -3.10. The number of benzene rings is 1. The molecule has 0 aliphatic carbocycles. The first-order valence-electron chi connectivity index (χ1n) is 8.00. The quantitative estimate of drug-likeness (QED) is 0.701. The van der Waals surface area contributed by atoms with Crippen molar-refractivity contribution >= 4 is 11.9 Å². The molecule has 0 spiro atoms. The number of aromatic hydroxyl groups is 2. The lowest BCUT2D eigenvalue weighted by Gasteiger charge is -2.20. The van der Waals surface area contributed by atoms with Crippen LogP contribution in [0.4, 0.5) is 0 Å². The van der Waals surface area contributed by atoms with Crippen molar-refractivity contribution in [1.29, 1.82) is 0 Å². The summed E-state index contributed by atoms with van der Waals surface area (Å²) in [4.78, 5) is 24.0. The Balaban J connectivity index is 3.47. The van der Waals surface area contributed by atoms with Crippen LogP contribution in [0.15, 0.2) is 6.07 Å². The maximum absolute atomic E-state index is 12.0. The number of phenols is 2. The molecule has 0 bridgehead atoms. The second kappa shape index (κ2) is 9.00. The topological polar surface area (TPSA) is 102 Å². The SMILES string of the molecule is CCOC(=O)c1cc(C(=O)OCC)c(O)c(OC(CC)CC)c1O. The lowest BCUT2D eigenvalue weighted by atomic mass is 10.1. The Morgan fingerprint density at radius 1 is 0.917 bits per heavy atom. The molecule has 134 valence electrons. The molecule has 1 aromatic rings. The summed E-state index contributed by atoms with van der Waals surface area (Å²) >= 11 is 0. The van der Waals surface area contributed by atoms with Crippen molar-refractivity contribution in [1.82, 2.24) is 0 Å². The molecule has 7 nitrogen and oxygen atoms in total. The first-order chi connectivity index (χ1) is 11.4. The lowest BCUT2D eigenvalue weighted by molar-refractivity contribution is 0.0518. The third kappa shape index (κ3) is 4.31. The maximum Gasteiger partial charge on any atom is 0.342 e. The van der Waals surface area contributed by atoms with Crippen LogP contribution in [0.25, 0.3) is 0 Å². The van der Waals surface area contributed by atoms with Gasteiger partial charge in [-0.15, -0.1) is 0 Å². The maximum atomic E-state index is 12.0. The van der Waals surface area contributed by atoms with Crippen molar-refractivity contribution in [2.24, 2.45) is 0 Å². The fourth-order valence-corrected chi connectivity index (χ4v) is 2.10. The van der Waals surface area contributed by atoms with Gasteiger partial charge < -0.3 is 24.4 Å². The predicted octanol–water partition coefficient (Wildman–Crippen LogP) is 3.02. The first-order valence-corrected chi connectivity index (χ1v) is 8.00. The van der Waals surface area contributed by atoms with Gasteiger partial charge in [-0.25, -0.2) is 9.59 Å². The molecule has 0 aromatic heterocycles. The molecule has 0 unspecified atom stereocenters. The van der Waals surface area contributed by atoms with Gasteiger partial charge in [-0.1, -0.05) is 13.8 Å². The summed E-state index contributed by atoms with van der Waals surface area (Å²) in [6.07, 6.45) is 0.941. The highest BCUT2D eigenvalue weighted by Gasteiger charge is 2.28. The molecule has 1 rings (SSSR count). The normalized spacial score (nSPS) is 10.5. The van der Waals surface area contributed by atoms with E-state index in [4.69, 9.17) is 14.2 Å². The molecule has 0 amide bonds. The van der Waals surface area contributed by atoms with Crippen LogP contribution in [0.1, 0.15) is 61.3 Å². The molecule has 0 fully saturated rings. The molecule has 0 saturated carbocycles. The molecule has 24 heavy (non-hydrogen) atoms. The van der Waals surface area contributed by atoms with Gasteiger partial charge in [0.25, 0.3) is 0 Å². The first kappa shape index (κ1) is 19.6. The van der Waals surface area contributed by atoms with Crippen molar-refractivity contribution in [3.63, 3.8) is 0 Å². The second-order valence-corrected chi connectivity index (χ2v) is 5.00. The van der Waals surface area contributed by atoms with Crippen LogP contribution in [0, 0.1) is 0 Å². The van der Waals surface area contributed by atoms with E-state index in [1.165, 1.54) is 0 Å². The summed E-state index contributed by atoms with van der Waals surface area (Å²) < 4.78 is 15.3. The van der Waals surface area contributed by atoms with Crippen LogP contribution < -0.4 is 4.74 Å². The Morgan fingerprint density at radius 3 is 1.67 bits per heavy atom. The van der Waals surface area contributed by atoms with Gasteiger partial charge in [0.05, 0.1) is 19.3 Å². The van der Waals surface area contributed by atoms with Crippen LogP contribution in [-0.2, 0) is 9.47 Å². The van der Waals surface area contributed by atoms with Crippen LogP contribution in [0.3, 0.4) is 0 Å². The van der Waals surface area contributed by atoms with Gasteiger partial charge in [-0.2, -0.15) is 0 Å². The number of ether oxygens (including phenoxy) is 3. The molecule has 7 heteroatoms. The lowest BCUT2D eigenvalue weighted by Crippen LogP contribution is -2.16. The number of hydrogen-bond donors (Lipinski definition) is 2. The molecule has 0 aliphatic rings. The minimum Gasteiger partial charge on any atom is -0.504 e. The zero-order valence-corrected chi connectivity index (χ0v) is 14.4. The minimum atomic E-state index is -0.824. The standard InChI is InChI=1S/C17H24O7/c1-5-10(6-2)24-15-13(18)11(16(20)22-7-3)9-12(14(15)19)17(21)23-8-4/h9-10,18-19H,5-8H2,1-4H3. The molecule has 0 radical (unpaired) electrons. The van der Waals surface area contributed by atoms with Crippen LogP contribution in [0.5, 0.6) is 17.2 Å². The Labute approximate surface area is 141 Å². The molecule has 0 atom stereocenters. The number of hydrogen-bond acceptors (Lipinski definition) is 7. The third-order valence-electron chi connectivity index (χ3n) is 3.41. The van der Waals surface area contributed by atoms with E-state index in [0.717, 1.165) is 6.07 Å². The van der Waals surface area contributed by atoms with Crippen molar-refractivity contribution in [2.75, 3.05) is 13.2 Å². The zero-order chi connectivity index (χ0) is 18.3. The van der Waals surface area contributed by atoms with E-state index in [-0.39, 0.29) is 36.2 Å². The second-order valence-electron chi connectivity index (χ2n) is 5.00. The summed E-state index contributed by atoms with van der Waals surface area (Å²) in [6, 6.07) is 1.04. The van der Waals surface area contributed by atoms with Crippen molar-refractivity contribution in [2.45, 2.75) is 46.6 Å². The van der Waals surface area contributed by atoms with Crippen molar-refractivity contribution in [3.8, 4) is 17.2 Å². The average molecular weight is 340 g/mol. The molecule has 1 aromatic carbocycles. The monoisotopic (exact) mass is 340 g/mol. The van der Waals surface area contributed by atoms with Gasteiger partial charge in [0, 0.05) is 0 Å². The van der Waals surface area contributed by atoms with Crippen LogP contribution >= 0.6 is 0 Å². The molecular formula is C17H24O7. The number of rotatable bonds is 8. The fraction of sp³-hybridized carbons (Fsp3) is 0.529. The Hall–Kier alpha value is -2.44. The van der Waals surface area contributed by atoms with Crippen LogP contribution in [0.2, 0.25) is 0 Å². The highest BCUT2D eigenvalue weighted by Crippen LogP contribution is 2.43. The minimum absolute atomic E-state index is 0.0939. The van der Waals surface area contributed by atoms with Gasteiger partial charge in [0.1, 0.15) is 11.1 Å². The van der Waals surface area contributed by atoms with Crippen molar-refractivity contribution in [3.05, 3.63) is 17.2 Å². The van der Waals surface area contributed by atoms with E-state index in [9.17, 15) is 19.8 Å². The summed E-state index contributed by atoms with van der Waals surface area (Å²) in [6.45, 7) is 7.17. The van der Waals surface area contributed by atoms with E-state index in [0.29, 0.717) is 12.8 Å². The van der Waals surface area contributed by atoms with E-state index >= 15 is 0 Å². The summed E-state index contributed by atoms with van der Waals surface area (Å²) in [5.41, 5.74) is -0.530. The van der Waals surface area contributed by atoms with Crippen LogP contribution in [-0.4, -0.2) is 41.5 Å². The van der Waals surface area contributed by atoms with E-state index in [1.54, 1.807) is 13.8 Å². The predicted molar refractivity (Wildman–Crippen MR) is 86.7 cm³/mol. The smallest absolute Gasteiger partial charge is 0.342 e. The molecule has 0 aliphatic heterocycles. The fourth-order valence-electron chi connectivity index (χ4n) is 2.10. The molecule has 0 heterocycles. The Kier molecular flexibility index (Phi) is 7.35. The molecule has 0 saturated heterocycles. The number of carbonyl (C=O) groups excluding carboxylic acids is 2. The zero-order valence-electron chi connectivity index (χ0n) is 14.4. The Morgan fingerprint density at radius 2 is 1.33 bits per heavy atom. The summed E-state index contributed by atoms with van der Waals surface area (Å²) in [7, 11) is 0. The number of carbonyl (C=O) groups is 2. The van der Waals surface area contributed by atoms with E-state index in [1.807, 2.05) is 13.8 Å². The van der Waals surface area contributed by atoms with Gasteiger partial charge in [0.15, 0.2) is 11.5 Å². The third-order valence-corrected chi connectivity index (χ3v) is 3.41. The number of esters is 2. The number of phenolic OH excluding ortho intramolecular Hbond substituents is 2. The average Bonchev–Trinajstić information content (AvgIpc) is 2.55. The van der Waals surface area contributed by atoms with Gasteiger partial charge in [-0.05, 0) is 32.8 Å². The molecular weight excluding hydrogens is 316 g/mol. The molecule has 2 N–H and O–H groups in total. The van der Waals surface area contributed by atoms with Gasteiger partial charge in [0.2, 0.25) is 5.75 Å². The van der Waals surface area contributed by atoms with E-state index < -0.39 is 23.4 Å².